The number of hydrogen-bond acceptors (Lipinski definition) is 6. The molecule has 0 N–H and O–H groups in total. The lowest BCUT2D eigenvalue weighted by molar-refractivity contribution is 0.0894. The Morgan fingerprint density at radius 3 is 1.42 bits per heavy atom. The first-order valence-corrected chi connectivity index (χ1v) is 7.83. The van der Waals surface area contributed by atoms with Crippen LogP contribution in [0.5, 0.6) is 11.5 Å². The Kier molecular flexibility index (Phi) is 8.10. The van der Waals surface area contributed by atoms with E-state index in [2.05, 4.69) is 0 Å². The molecule has 24 heavy (non-hydrogen) atoms. The van der Waals surface area contributed by atoms with Crippen molar-refractivity contribution in [2.45, 2.75) is 26.1 Å². The first-order valence-electron chi connectivity index (χ1n) is 7.07. The molecule has 0 aliphatic carbocycles. The largest absolute Gasteiger partial charge is 0.485 e. The van der Waals surface area contributed by atoms with Gasteiger partial charge in [-0.15, -0.1) is 0 Å². The van der Waals surface area contributed by atoms with Crippen LogP contribution < -0.4 is 9.47 Å². The maximum absolute atomic E-state index is 9.46. The van der Waals surface area contributed by atoms with Crippen LogP contribution in [-0.2, 0) is 9.47 Å². The number of halogens is 2. The molecule has 0 saturated heterocycles. The lowest BCUT2D eigenvalue weighted by atomic mass is 10.1. The van der Waals surface area contributed by atoms with Gasteiger partial charge in [-0.05, 0) is 13.8 Å². The third kappa shape index (κ3) is 4.66. The van der Waals surface area contributed by atoms with Crippen LogP contribution in [0, 0.1) is 22.7 Å². The molecule has 1 aromatic rings. The van der Waals surface area contributed by atoms with Gasteiger partial charge in [-0.25, -0.2) is 0 Å². The predicted molar refractivity (Wildman–Crippen MR) is 89.8 cm³/mol. The van der Waals surface area contributed by atoms with Gasteiger partial charge in [0.25, 0.3) is 0 Å². The molecule has 0 aliphatic rings. The monoisotopic (exact) mass is 372 g/mol. The van der Waals surface area contributed by atoms with Crippen LogP contribution in [0.1, 0.15) is 25.0 Å². The molecule has 0 aliphatic heterocycles. The molecule has 0 spiro atoms. The van der Waals surface area contributed by atoms with E-state index in [1.807, 2.05) is 12.1 Å². The van der Waals surface area contributed by atoms with Crippen molar-refractivity contribution in [1.29, 1.82) is 10.5 Å². The second kappa shape index (κ2) is 9.56. The fourth-order valence-electron chi connectivity index (χ4n) is 2.02. The zero-order valence-corrected chi connectivity index (χ0v) is 15.4. The van der Waals surface area contributed by atoms with Crippen molar-refractivity contribution in [3.05, 3.63) is 21.2 Å². The smallest absolute Gasteiger partial charge is 0.159 e. The first-order chi connectivity index (χ1) is 11.4. The molecule has 0 radical (unpaired) electrons. The van der Waals surface area contributed by atoms with Crippen LogP contribution >= 0.6 is 23.2 Å². The molecule has 1 aromatic carbocycles. The molecule has 0 aromatic heterocycles. The van der Waals surface area contributed by atoms with E-state index in [1.54, 1.807) is 13.8 Å². The minimum Gasteiger partial charge on any atom is -0.485 e. The van der Waals surface area contributed by atoms with E-state index in [1.165, 1.54) is 14.2 Å². The van der Waals surface area contributed by atoms with E-state index < -0.39 is 0 Å². The number of benzene rings is 1. The van der Waals surface area contributed by atoms with Crippen molar-refractivity contribution >= 4 is 23.2 Å². The van der Waals surface area contributed by atoms with Gasteiger partial charge in [-0.2, -0.15) is 10.5 Å². The quantitative estimate of drug-likeness (QED) is 0.693. The second-order valence-corrected chi connectivity index (χ2v) is 5.78. The van der Waals surface area contributed by atoms with Gasteiger partial charge >= 0.3 is 0 Å². The second-order valence-electron chi connectivity index (χ2n) is 5.03. The van der Waals surface area contributed by atoms with Crippen molar-refractivity contribution in [2.24, 2.45) is 0 Å². The van der Waals surface area contributed by atoms with Gasteiger partial charge in [-0.1, -0.05) is 23.2 Å². The Hall–Kier alpha value is -1.70. The van der Waals surface area contributed by atoms with Crippen molar-refractivity contribution < 1.29 is 18.9 Å². The minimum absolute atomic E-state index is 0.00906. The van der Waals surface area contributed by atoms with Gasteiger partial charge in [0.1, 0.15) is 45.5 Å². The van der Waals surface area contributed by atoms with E-state index >= 15 is 0 Å². The average Bonchev–Trinajstić information content (AvgIpc) is 2.54. The number of rotatable bonds is 8. The summed E-state index contributed by atoms with van der Waals surface area (Å²) in [5.74, 6) is 0.0778. The Balaban J connectivity index is 3.43. The zero-order chi connectivity index (χ0) is 18.3. The standard InChI is InChI=1S/C16H18Cl2N2O4/c1-9(7-21-3)23-15-11(5-19)12(6-20)16(14(18)13(15)17)24-10(2)8-22-4/h9-10H,7-8H2,1-4H3. The number of nitrogens with zero attached hydrogens (tertiary/aromatic N) is 2. The Bertz CT molecular complexity index is 611. The zero-order valence-electron chi connectivity index (χ0n) is 13.9. The van der Waals surface area contributed by atoms with Crippen molar-refractivity contribution in [2.75, 3.05) is 27.4 Å². The molecule has 0 heterocycles. The molecule has 0 saturated carbocycles. The third-order valence-corrected chi connectivity index (χ3v) is 3.78. The van der Waals surface area contributed by atoms with Crippen molar-refractivity contribution in [3.8, 4) is 23.6 Å². The van der Waals surface area contributed by atoms with E-state index in [0.29, 0.717) is 0 Å². The van der Waals surface area contributed by atoms with Crippen LogP contribution in [0.15, 0.2) is 0 Å². The fourth-order valence-corrected chi connectivity index (χ4v) is 2.47. The number of methoxy groups -OCH3 is 2. The Morgan fingerprint density at radius 2 is 1.17 bits per heavy atom. The van der Waals surface area contributed by atoms with Gasteiger partial charge in [-0.3, -0.25) is 0 Å². The van der Waals surface area contributed by atoms with Crippen molar-refractivity contribution in [3.63, 3.8) is 0 Å². The van der Waals surface area contributed by atoms with Gasteiger partial charge in [0.15, 0.2) is 11.5 Å². The molecule has 2 unspecified atom stereocenters. The summed E-state index contributed by atoms with van der Waals surface area (Å²) >= 11 is 12.5. The first kappa shape index (κ1) is 20.3. The lowest BCUT2D eigenvalue weighted by Gasteiger charge is -2.21. The van der Waals surface area contributed by atoms with Gasteiger partial charge in [0.2, 0.25) is 0 Å². The normalized spacial score (nSPS) is 12.8. The number of hydrogen-bond donors (Lipinski definition) is 0. The molecule has 0 amide bonds. The number of nitriles is 2. The highest BCUT2D eigenvalue weighted by molar-refractivity contribution is 6.44. The van der Waals surface area contributed by atoms with Crippen LogP contribution in [0.3, 0.4) is 0 Å². The maximum atomic E-state index is 9.46. The van der Waals surface area contributed by atoms with Gasteiger partial charge < -0.3 is 18.9 Å². The average molecular weight is 373 g/mol. The third-order valence-electron chi connectivity index (χ3n) is 2.96. The minimum atomic E-state index is -0.388. The Labute approximate surface area is 151 Å². The van der Waals surface area contributed by atoms with Gasteiger partial charge in [0.05, 0.1) is 13.2 Å². The topological polar surface area (TPSA) is 84.5 Å². The molecule has 6 nitrogen and oxygen atoms in total. The summed E-state index contributed by atoms with van der Waals surface area (Å²) in [5, 5.41) is 18.9. The summed E-state index contributed by atoms with van der Waals surface area (Å²) in [6, 6.07) is 3.87. The molecule has 0 bridgehead atoms. The lowest BCUT2D eigenvalue weighted by Crippen LogP contribution is -2.21. The summed E-state index contributed by atoms with van der Waals surface area (Å²) in [5.41, 5.74) is -0.0658. The summed E-state index contributed by atoms with van der Waals surface area (Å²) in [6.07, 6.45) is -0.775. The predicted octanol–water partition coefficient (Wildman–Crippen LogP) is 3.56. The highest BCUT2D eigenvalue weighted by Crippen LogP contribution is 2.45. The van der Waals surface area contributed by atoms with Crippen LogP contribution in [0.25, 0.3) is 0 Å². The van der Waals surface area contributed by atoms with Crippen LogP contribution in [0.4, 0.5) is 0 Å². The van der Waals surface area contributed by atoms with Gasteiger partial charge in [0, 0.05) is 14.2 Å². The number of ether oxygens (including phenoxy) is 4. The van der Waals surface area contributed by atoms with E-state index in [-0.39, 0.29) is 58.1 Å². The molecule has 8 heteroatoms. The molecule has 0 fully saturated rings. The SMILES string of the molecule is COCC(C)Oc1c(Cl)c(Cl)c(OC(C)COC)c(C#N)c1C#N. The molecule has 2 atom stereocenters. The highest BCUT2D eigenvalue weighted by atomic mass is 35.5. The Morgan fingerprint density at radius 1 is 0.833 bits per heavy atom. The van der Waals surface area contributed by atoms with Crippen LogP contribution in [-0.4, -0.2) is 39.6 Å². The highest BCUT2D eigenvalue weighted by Gasteiger charge is 2.27. The summed E-state index contributed by atoms with van der Waals surface area (Å²) in [4.78, 5) is 0. The molecular formula is C16H18Cl2N2O4. The van der Waals surface area contributed by atoms with Crippen LogP contribution in [0.2, 0.25) is 10.0 Å². The van der Waals surface area contributed by atoms with E-state index in [0.717, 1.165) is 0 Å². The molecule has 1 rings (SSSR count). The summed E-state index contributed by atoms with van der Waals surface area (Å²) < 4.78 is 21.3. The summed E-state index contributed by atoms with van der Waals surface area (Å²) in [6.45, 7) is 4.05. The van der Waals surface area contributed by atoms with Crippen molar-refractivity contribution in [1.82, 2.24) is 0 Å². The molecule has 130 valence electrons. The van der Waals surface area contributed by atoms with E-state index in [4.69, 9.17) is 42.1 Å². The summed E-state index contributed by atoms with van der Waals surface area (Å²) in [7, 11) is 3.04. The maximum Gasteiger partial charge on any atom is 0.159 e. The fraction of sp³-hybridized carbons (Fsp3) is 0.500. The molecular weight excluding hydrogens is 355 g/mol. The van der Waals surface area contributed by atoms with E-state index in [9.17, 15) is 10.5 Å².